The van der Waals surface area contributed by atoms with Gasteiger partial charge in [0, 0.05) is 24.4 Å². The lowest BCUT2D eigenvalue weighted by molar-refractivity contribution is 0.0537. The summed E-state index contributed by atoms with van der Waals surface area (Å²) >= 11 is 6.33. The first kappa shape index (κ1) is 20.4. The lowest BCUT2D eigenvalue weighted by Crippen LogP contribution is -2.22. The van der Waals surface area contributed by atoms with Gasteiger partial charge >= 0.3 is 0 Å². The Bertz CT molecular complexity index is 993. The van der Waals surface area contributed by atoms with E-state index in [2.05, 4.69) is 30.7 Å². The van der Waals surface area contributed by atoms with Gasteiger partial charge in [0.15, 0.2) is 5.75 Å². The summed E-state index contributed by atoms with van der Waals surface area (Å²) < 4.78 is 12.6. The van der Waals surface area contributed by atoms with Crippen LogP contribution >= 0.6 is 11.6 Å². The molecule has 152 valence electrons. The highest BCUT2D eigenvalue weighted by molar-refractivity contribution is 6.33. The molecule has 3 aromatic rings. The van der Waals surface area contributed by atoms with Crippen molar-refractivity contribution in [1.29, 1.82) is 0 Å². The number of anilines is 2. The molecule has 0 spiro atoms. The number of methoxy groups -OCH3 is 1. The summed E-state index contributed by atoms with van der Waals surface area (Å²) in [6, 6.07) is 3.11. The fraction of sp³-hybridized carbons (Fsp3) is 0.222. The Morgan fingerprint density at radius 2 is 1.97 bits per heavy atom. The van der Waals surface area contributed by atoms with Crippen molar-refractivity contribution in [3.05, 3.63) is 53.1 Å². The molecule has 0 atom stereocenters. The van der Waals surface area contributed by atoms with Gasteiger partial charge in [-0.2, -0.15) is 5.10 Å². The van der Waals surface area contributed by atoms with E-state index in [0.29, 0.717) is 33.6 Å². The SMILES string of the molecule is CONC(=O)c1cc(COc2cnc(Nc3cnn(C)c3)nc2)c(Cl)c(OC)c1. The maximum absolute atomic E-state index is 12.0. The molecule has 0 aliphatic carbocycles. The summed E-state index contributed by atoms with van der Waals surface area (Å²) in [6.07, 6.45) is 6.52. The second kappa shape index (κ2) is 9.22. The van der Waals surface area contributed by atoms with Crippen molar-refractivity contribution in [3.8, 4) is 11.5 Å². The fourth-order valence-electron chi connectivity index (χ4n) is 2.42. The Morgan fingerprint density at radius 1 is 1.21 bits per heavy atom. The Balaban J connectivity index is 1.70. The van der Waals surface area contributed by atoms with Gasteiger partial charge in [-0.15, -0.1) is 0 Å². The molecule has 0 unspecified atom stereocenters. The van der Waals surface area contributed by atoms with Gasteiger partial charge in [-0.25, -0.2) is 15.4 Å². The van der Waals surface area contributed by atoms with E-state index in [0.717, 1.165) is 5.69 Å². The molecule has 1 aromatic carbocycles. The highest BCUT2D eigenvalue weighted by Crippen LogP contribution is 2.31. The number of amides is 1. The van der Waals surface area contributed by atoms with Crippen LogP contribution in [-0.4, -0.2) is 39.9 Å². The standard InChI is InChI=1S/C18H19ClN6O4/c1-25-9-13(6-22-25)23-18-20-7-14(8-21-18)29-10-12-4-11(17(26)24-28-3)5-15(27-2)16(12)19/h4-9H,10H2,1-3H3,(H,24,26)(H,20,21,23). The minimum atomic E-state index is -0.433. The number of aryl methyl sites for hydroxylation is 1. The molecule has 0 saturated carbocycles. The molecule has 29 heavy (non-hydrogen) atoms. The Hall–Kier alpha value is -3.37. The Morgan fingerprint density at radius 3 is 2.59 bits per heavy atom. The molecule has 2 N–H and O–H groups in total. The summed E-state index contributed by atoms with van der Waals surface area (Å²) in [6.45, 7) is 0.0854. The van der Waals surface area contributed by atoms with Gasteiger partial charge < -0.3 is 14.8 Å². The molecule has 2 aromatic heterocycles. The number of hydrogen-bond acceptors (Lipinski definition) is 8. The summed E-state index contributed by atoms with van der Waals surface area (Å²) in [5.41, 5.74) is 3.90. The zero-order valence-corrected chi connectivity index (χ0v) is 16.7. The van der Waals surface area contributed by atoms with E-state index in [1.165, 1.54) is 32.7 Å². The highest BCUT2D eigenvalue weighted by Gasteiger charge is 2.15. The monoisotopic (exact) mass is 418 g/mol. The molecule has 1 amide bonds. The minimum absolute atomic E-state index is 0.0854. The number of carbonyl (C=O) groups excluding carboxylic acids is 1. The number of ether oxygens (including phenoxy) is 2. The zero-order chi connectivity index (χ0) is 20.8. The van der Waals surface area contributed by atoms with E-state index >= 15 is 0 Å². The first-order valence-electron chi connectivity index (χ1n) is 8.40. The number of rotatable bonds is 8. The van der Waals surface area contributed by atoms with Crippen molar-refractivity contribution in [2.75, 3.05) is 19.5 Å². The van der Waals surface area contributed by atoms with Gasteiger partial charge in [-0.05, 0) is 12.1 Å². The number of hydrogen-bond donors (Lipinski definition) is 2. The Labute approximate surface area is 171 Å². The zero-order valence-electron chi connectivity index (χ0n) is 16.0. The van der Waals surface area contributed by atoms with Gasteiger partial charge in [-0.3, -0.25) is 14.3 Å². The molecule has 0 aliphatic heterocycles. The molecule has 0 bridgehead atoms. The topological polar surface area (TPSA) is 112 Å². The van der Waals surface area contributed by atoms with Crippen LogP contribution in [0.25, 0.3) is 0 Å². The van der Waals surface area contributed by atoms with E-state index in [4.69, 9.17) is 21.1 Å². The molecule has 0 fully saturated rings. The molecule has 0 aliphatic rings. The van der Waals surface area contributed by atoms with Crippen molar-refractivity contribution in [3.63, 3.8) is 0 Å². The number of benzene rings is 1. The first-order valence-corrected chi connectivity index (χ1v) is 8.78. The summed E-state index contributed by atoms with van der Waals surface area (Å²) in [7, 11) is 4.63. The van der Waals surface area contributed by atoms with Gasteiger partial charge in [0.05, 0.1) is 43.5 Å². The fourth-order valence-corrected chi connectivity index (χ4v) is 2.66. The molecule has 2 heterocycles. The molecule has 3 rings (SSSR count). The molecule has 10 nitrogen and oxygen atoms in total. The number of hydroxylamine groups is 1. The third kappa shape index (κ3) is 5.12. The highest BCUT2D eigenvalue weighted by atomic mass is 35.5. The largest absolute Gasteiger partial charge is 0.495 e. The average molecular weight is 419 g/mol. The number of nitrogens with zero attached hydrogens (tertiary/aromatic N) is 4. The summed E-state index contributed by atoms with van der Waals surface area (Å²) in [5, 5.41) is 7.43. The number of carbonyl (C=O) groups is 1. The minimum Gasteiger partial charge on any atom is -0.495 e. The van der Waals surface area contributed by atoms with Gasteiger partial charge in [0.1, 0.15) is 12.4 Å². The number of halogens is 1. The van der Waals surface area contributed by atoms with Gasteiger partial charge in [0.25, 0.3) is 5.91 Å². The van der Waals surface area contributed by atoms with E-state index in [9.17, 15) is 4.79 Å². The maximum Gasteiger partial charge on any atom is 0.274 e. The van der Waals surface area contributed by atoms with E-state index in [1.807, 2.05) is 7.05 Å². The predicted molar refractivity (Wildman–Crippen MR) is 105 cm³/mol. The lowest BCUT2D eigenvalue weighted by Gasteiger charge is -2.13. The van der Waals surface area contributed by atoms with Crippen molar-refractivity contribution >= 4 is 29.1 Å². The van der Waals surface area contributed by atoms with Gasteiger partial charge in [-0.1, -0.05) is 11.6 Å². The third-order valence-corrected chi connectivity index (χ3v) is 4.20. The maximum atomic E-state index is 12.0. The molecule has 0 radical (unpaired) electrons. The van der Waals surface area contributed by atoms with Crippen LogP contribution in [0, 0.1) is 0 Å². The molecular formula is C18H19ClN6O4. The first-order chi connectivity index (χ1) is 14.0. The van der Waals surface area contributed by atoms with E-state index in [1.54, 1.807) is 23.1 Å². The second-order valence-electron chi connectivity index (χ2n) is 5.85. The van der Waals surface area contributed by atoms with Crippen LogP contribution in [-0.2, 0) is 18.5 Å². The summed E-state index contributed by atoms with van der Waals surface area (Å²) in [5.74, 6) is 0.756. The lowest BCUT2D eigenvalue weighted by atomic mass is 10.1. The average Bonchev–Trinajstić information content (AvgIpc) is 3.13. The van der Waals surface area contributed by atoms with Crippen LogP contribution in [0.3, 0.4) is 0 Å². The molecule has 0 saturated heterocycles. The van der Waals surface area contributed by atoms with Gasteiger partial charge in [0.2, 0.25) is 5.95 Å². The van der Waals surface area contributed by atoms with Crippen LogP contribution in [0.1, 0.15) is 15.9 Å². The second-order valence-corrected chi connectivity index (χ2v) is 6.22. The normalized spacial score (nSPS) is 10.5. The van der Waals surface area contributed by atoms with Crippen LogP contribution < -0.4 is 20.3 Å². The van der Waals surface area contributed by atoms with Crippen LogP contribution in [0.5, 0.6) is 11.5 Å². The van der Waals surface area contributed by atoms with Crippen molar-refractivity contribution in [1.82, 2.24) is 25.2 Å². The summed E-state index contributed by atoms with van der Waals surface area (Å²) in [4.78, 5) is 25.1. The predicted octanol–water partition coefficient (Wildman–Crippen LogP) is 2.49. The smallest absolute Gasteiger partial charge is 0.274 e. The Kier molecular flexibility index (Phi) is 6.47. The quantitative estimate of drug-likeness (QED) is 0.536. The van der Waals surface area contributed by atoms with E-state index < -0.39 is 5.91 Å². The van der Waals surface area contributed by atoms with Crippen molar-refractivity contribution in [2.24, 2.45) is 7.05 Å². The third-order valence-electron chi connectivity index (χ3n) is 3.77. The van der Waals surface area contributed by atoms with E-state index in [-0.39, 0.29) is 6.61 Å². The van der Waals surface area contributed by atoms with Crippen LogP contribution in [0.15, 0.2) is 36.9 Å². The molecular weight excluding hydrogens is 400 g/mol. The number of aromatic nitrogens is 4. The van der Waals surface area contributed by atoms with Crippen molar-refractivity contribution in [2.45, 2.75) is 6.61 Å². The van der Waals surface area contributed by atoms with Crippen LogP contribution in [0.4, 0.5) is 11.6 Å². The van der Waals surface area contributed by atoms with Crippen LogP contribution in [0.2, 0.25) is 5.02 Å². The number of nitrogens with one attached hydrogen (secondary N) is 2. The molecule has 11 heteroatoms. The van der Waals surface area contributed by atoms with Crippen molar-refractivity contribution < 1.29 is 19.1 Å².